The maximum atomic E-state index is 12.5. The third-order valence-corrected chi connectivity index (χ3v) is 3.66. The van der Waals surface area contributed by atoms with Gasteiger partial charge in [-0.15, -0.1) is 0 Å². The molecule has 0 radical (unpaired) electrons. The predicted octanol–water partition coefficient (Wildman–Crippen LogP) is -0.0294. The summed E-state index contributed by atoms with van der Waals surface area (Å²) in [7, 11) is 1.59. The SMILES string of the molecule is CCN(CC(=O)NC)C(=O)C1(CC)CCNC1. The van der Waals surface area contributed by atoms with Gasteiger partial charge in [-0.1, -0.05) is 6.92 Å². The summed E-state index contributed by atoms with van der Waals surface area (Å²) in [6.07, 6.45) is 1.69. The van der Waals surface area contributed by atoms with E-state index in [4.69, 9.17) is 0 Å². The second-order valence-corrected chi connectivity index (χ2v) is 4.55. The van der Waals surface area contributed by atoms with Crippen LogP contribution in [0.2, 0.25) is 0 Å². The predicted molar refractivity (Wildman–Crippen MR) is 66.5 cm³/mol. The summed E-state index contributed by atoms with van der Waals surface area (Å²) in [6, 6.07) is 0. The maximum Gasteiger partial charge on any atom is 0.239 e. The average Bonchev–Trinajstić information content (AvgIpc) is 2.84. The van der Waals surface area contributed by atoms with E-state index in [1.54, 1.807) is 11.9 Å². The molecule has 1 fully saturated rings. The normalized spacial score (nSPS) is 23.5. The van der Waals surface area contributed by atoms with Crippen LogP contribution in [0, 0.1) is 5.41 Å². The highest BCUT2D eigenvalue weighted by Crippen LogP contribution is 2.31. The first kappa shape index (κ1) is 14.0. The van der Waals surface area contributed by atoms with Gasteiger partial charge in [-0.05, 0) is 26.3 Å². The maximum absolute atomic E-state index is 12.5. The van der Waals surface area contributed by atoms with Crippen LogP contribution in [0.25, 0.3) is 0 Å². The Balaban J connectivity index is 2.73. The van der Waals surface area contributed by atoms with Crippen molar-refractivity contribution in [3.05, 3.63) is 0 Å². The minimum absolute atomic E-state index is 0.108. The molecule has 1 unspecified atom stereocenters. The average molecular weight is 241 g/mol. The molecule has 5 heteroatoms. The molecular formula is C12H23N3O2. The Hall–Kier alpha value is -1.10. The van der Waals surface area contributed by atoms with Gasteiger partial charge in [-0.3, -0.25) is 9.59 Å². The molecule has 1 rings (SSSR count). The summed E-state index contributed by atoms with van der Waals surface area (Å²) in [5.74, 6) is -0.00601. The van der Waals surface area contributed by atoms with Gasteiger partial charge in [0.25, 0.3) is 0 Å². The van der Waals surface area contributed by atoms with Crippen LogP contribution in [-0.2, 0) is 9.59 Å². The van der Waals surface area contributed by atoms with Crippen LogP contribution < -0.4 is 10.6 Å². The van der Waals surface area contributed by atoms with Gasteiger partial charge in [0.05, 0.1) is 12.0 Å². The fourth-order valence-electron chi connectivity index (χ4n) is 2.29. The van der Waals surface area contributed by atoms with E-state index in [9.17, 15) is 9.59 Å². The van der Waals surface area contributed by atoms with Crippen LogP contribution in [0.3, 0.4) is 0 Å². The minimum Gasteiger partial charge on any atom is -0.358 e. The van der Waals surface area contributed by atoms with E-state index in [1.165, 1.54) is 0 Å². The van der Waals surface area contributed by atoms with Crippen LogP contribution in [0.5, 0.6) is 0 Å². The zero-order valence-corrected chi connectivity index (χ0v) is 11.0. The molecule has 2 N–H and O–H groups in total. The largest absolute Gasteiger partial charge is 0.358 e. The monoisotopic (exact) mass is 241 g/mol. The Morgan fingerprint density at radius 3 is 2.53 bits per heavy atom. The van der Waals surface area contributed by atoms with Gasteiger partial charge < -0.3 is 15.5 Å². The summed E-state index contributed by atoms with van der Waals surface area (Å²) >= 11 is 0. The molecule has 1 atom stereocenters. The smallest absolute Gasteiger partial charge is 0.239 e. The molecule has 0 saturated carbocycles. The molecule has 98 valence electrons. The lowest BCUT2D eigenvalue weighted by molar-refractivity contribution is -0.144. The van der Waals surface area contributed by atoms with Crippen molar-refractivity contribution < 1.29 is 9.59 Å². The lowest BCUT2D eigenvalue weighted by Gasteiger charge is -2.32. The molecule has 1 saturated heterocycles. The van der Waals surface area contributed by atoms with Gasteiger partial charge in [0.1, 0.15) is 0 Å². The van der Waals surface area contributed by atoms with Gasteiger partial charge in [-0.25, -0.2) is 0 Å². The number of nitrogens with zero attached hydrogens (tertiary/aromatic N) is 1. The molecule has 0 aliphatic carbocycles. The Labute approximate surface area is 103 Å². The van der Waals surface area contributed by atoms with E-state index in [2.05, 4.69) is 10.6 Å². The molecular weight excluding hydrogens is 218 g/mol. The number of rotatable bonds is 5. The lowest BCUT2D eigenvalue weighted by atomic mass is 9.82. The fourth-order valence-corrected chi connectivity index (χ4v) is 2.29. The van der Waals surface area contributed by atoms with Crippen molar-refractivity contribution in [1.82, 2.24) is 15.5 Å². The van der Waals surface area contributed by atoms with Gasteiger partial charge in [-0.2, -0.15) is 0 Å². The van der Waals surface area contributed by atoms with Crippen LogP contribution in [0.15, 0.2) is 0 Å². The first-order chi connectivity index (χ1) is 8.09. The van der Waals surface area contributed by atoms with Crippen LogP contribution in [0.4, 0.5) is 0 Å². The number of amides is 2. The van der Waals surface area contributed by atoms with Crippen LogP contribution in [0.1, 0.15) is 26.7 Å². The van der Waals surface area contributed by atoms with Crippen molar-refractivity contribution in [3.63, 3.8) is 0 Å². The number of hydrogen-bond acceptors (Lipinski definition) is 3. The van der Waals surface area contributed by atoms with E-state index >= 15 is 0 Å². The van der Waals surface area contributed by atoms with Gasteiger partial charge in [0, 0.05) is 20.1 Å². The molecule has 5 nitrogen and oxygen atoms in total. The van der Waals surface area contributed by atoms with E-state index in [-0.39, 0.29) is 23.8 Å². The minimum atomic E-state index is -0.302. The first-order valence-electron chi connectivity index (χ1n) is 6.30. The molecule has 0 aromatic heterocycles. The zero-order chi connectivity index (χ0) is 12.9. The second kappa shape index (κ2) is 6.00. The standard InChI is InChI=1S/C12H23N3O2/c1-4-12(6-7-14-9-12)11(17)15(5-2)8-10(16)13-3/h14H,4-9H2,1-3H3,(H,13,16). The Morgan fingerprint density at radius 2 is 2.12 bits per heavy atom. The number of carbonyl (C=O) groups excluding carboxylic acids is 2. The van der Waals surface area contributed by atoms with Crippen molar-refractivity contribution in [2.24, 2.45) is 5.41 Å². The molecule has 0 spiro atoms. The molecule has 17 heavy (non-hydrogen) atoms. The van der Waals surface area contributed by atoms with Crippen LogP contribution >= 0.6 is 0 Å². The van der Waals surface area contributed by atoms with E-state index in [0.29, 0.717) is 6.54 Å². The molecule has 1 heterocycles. The highest BCUT2D eigenvalue weighted by atomic mass is 16.2. The molecule has 0 aromatic rings. The highest BCUT2D eigenvalue weighted by Gasteiger charge is 2.41. The molecule has 1 aliphatic rings. The number of likely N-dealkylation sites (N-methyl/N-ethyl adjacent to an activating group) is 2. The zero-order valence-electron chi connectivity index (χ0n) is 11.0. The molecule has 0 aromatic carbocycles. The van der Waals surface area contributed by atoms with E-state index in [0.717, 1.165) is 25.9 Å². The molecule has 0 bridgehead atoms. The number of hydrogen-bond donors (Lipinski definition) is 2. The third-order valence-electron chi connectivity index (χ3n) is 3.66. The van der Waals surface area contributed by atoms with Crippen LogP contribution in [-0.4, -0.2) is 49.9 Å². The summed E-state index contributed by atoms with van der Waals surface area (Å²) < 4.78 is 0. The number of carbonyl (C=O) groups is 2. The summed E-state index contributed by atoms with van der Waals surface area (Å²) in [6.45, 7) is 6.30. The topological polar surface area (TPSA) is 61.4 Å². The summed E-state index contributed by atoms with van der Waals surface area (Å²) in [5, 5.41) is 5.80. The van der Waals surface area contributed by atoms with Gasteiger partial charge in [0.2, 0.25) is 11.8 Å². The Kier molecular flexibility index (Phi) is 4.93. The lowest BCUT2D eigenvalue weighted by Crippen LogP contribution is -2.48. The summed E-state index contributed by atoms with van der Waals surface area (Å²) in [5.41, 5.74) is -0.302. The van der Waals surface area contributed by atoms with Crippen molar-refractivity contribution in [2.75, 3.05) is 33.2 Å². The van der Waals surface area contributed by atoms with E-state index in [1.807, 2.05) is 13.8 Å². The van der Waals surface area contributed by atoms with Crippen molar-refractivity contribution in [3.8, 4) is 0 Å². The van der Waals surface area contributed by atoms with Gasteiger partial charge >= 0.3 is 0 Å². The first-order valence-corrected chi connectivity index (χ1v) is 6.30. The summed E-state index contributed by atoms with van der Waals surface area (Å²) in [4.78, 5) is 25.5. The van der Waals surface area contributed by atoms with E-state index < -0.39 is 0 Å². The highest BCUT2D eigenvalue weighted by molar-refractivity contribution is 5.88. The Morgan fingerprint density at radius 1 is 1.41 bits per heavy atom. The second-order valence-electron chi connectivity index (χ2n) is 4.55. The van der Waals surface area contributed by atoms with Gasteiger partial charge in [0.15, 0.2) is 0 Å². The Bertz CT molecular complexity index is 285. The molecule has 1 aliphatic heterocycles. The fraction of sp³-hybridized carbons (Fsp3) is 0.833. The third kappa shape index (κ3) is 2.97. The van der Waals surface area contributed by atoms with Crippen molar-refractivity contribution in [1.29, 1.82) is 0 Å². The quantitative estimate of drug-likeness (QED) is 0.710. The number of nitrogens with one attached hydrogen (secondary N) is 2. The van der Waals surface area contributed by atoms with Crippen molar-refractivity contribution in [2.45, 2.75) is 26.7 Å². The van der Waals surface area contributed by atoms with Crippen molar-refractivity contribution >= 4 is 11.8 Å². The molecule has 2 amide bonds.